The smallest absolute Gasteiger partial charge is 0.322 e. The number of amides is 2. The molecule has 0 spiro atoms. The molecule has 2 aliphatic heterocycles. The number of urea groups is 1. The van der Waals surface area contributed by atoms with Crippen LogP contribution in [0.15, 0.2) is 54.6 Å². The first kappa shape index (κ1) is 21.4. The Hall–Kier alpha value is -3.45. The van der Waals surface area contributed by atoms with Crippen LogP contribution in [0.25, 0.3) is 11.4 Å². The van der Waals surface area contributed by atoms with Crippen LogP contribution in [0.4, 0.5) is 16.3 Å². The van der Waals surface area contributed by atoms with E-state index in [2.05, 4.69) is 23.2 Å². The molecule has 2 amide bonds. The summed E-state index contributed by atoms with van der Waals surface area (Å²) in [5.41, 5.74) is 5.09. The van der Waals surface area contributed by atoms with Crippen LogP contribution in [0.2, 0.25) is 0 Å². The van der Waals surface area contributed by atoms with E-state index in [-0.39, 0.29) is 6.03 Å². The highest BCUT2D eigenvalue weighted by atomic mass is 16.5. The second-order valence-corrected chi connectivity index (χ2v) is 8.37. The lowest BCUT2D eigenvalue weighted by Gasteiger charge is -2.34. The lowest BCUT2D eigenvalue weighted by atomic mass is 10.0. The molecule has 1 aromatic heterocycles. The average molecular weight is 444 g/mol. The lowest BCUT2D eigenvalue weighted by molar-refractivity contribution is 0.122. The van der Waals surface area contributed by atoms with Gasteiger partial charge in [-0.15, -0.1) is 0 Å². The molecule has 5 rings (SSSR count). The zero-order valence-electron chi connectivity index (χ0n) is 19.0. The van der Waals surface area contributed by atoms with Gasteiger partial charge in [-0.3, -0.25) is 0 Å². The third kappa shape index (κ3) is 4.54. The first-order valence-electron chi connectivity index (χ1n) is 11.6. The van der Waals surface area contributed by atoms with Crippen molar-refractivity contribution in [2.75, 3.05) is 43.1 Å². The number of anilines is 2. The summed E-state index contributed by atoms with van der Waals surface area (Å²) in [6.45, 7) is 6.15. The van der Waals surface area contributed by atoms with E-state index < -0.39 is 0 Å². The number of fused-ring (bicyclic) bond motifs is 1. The number of carbonyl (C=O) groups excluding carboxylic acids is 1. The Morgan fingerprint density at radius 2 is 1.76 bits per heavy atom. The zero-order valence-corrected chi connectivity index (χ0v) is 19.0. The SMILES string of the molecule is CCc1ccccc1NC(=O)N1CCc2nc(-c3ccccc3)nc(N3CCOCC3)c2C1. The van der Waals surface area contributed by atoms with Crippen molar-refractivity contribution in [2.24, 2.45) is 0 Å². The van der Waals surface area contributed by atoms with Gasteiger partial charge in [-0.05, 0) is 18.1 Å². The number of hydrogen-bond donors (Lipinski definition) is 1. The molecular weight excluding hydrogens is 414 g/mol. The lowest BCUT2D eigenvalue weighted by Crippen LogP contribution is -2.42. The Morgan fingerprint density at radius 3 is 2.55 bits per heavy atom. The molecule has 0 unspecified atom stereocenters. The average Bonchev–Trinajstić information content (AvgIpc) is 2.89. The predicted octanol–water partition coefficient (Wildman–Crippen LogP) is 4.13. The van der Waals surface area contributed by atoms with Crippen LogP contribution in [0.3, 0.4) is 0 Å². The molecule has 7 heteroatoms. The van der Waals surface area contributed by atoms with Crippen molar-refractivity contribution < 1.29 is 9.53 Å². The van der Waals surface area contributed by atoms with Gasteiger partial charge in [-0.1, -0.05) is 55.5 Å². The van der Waals surface area contributed by atoms with Crippen molar-refractivity contribution in [3.8, 4) is 11.4 Å². The van der Waals surface area contributed by atoms with Gasteiger partial charge in [0.2, 0.25) is 0 Å². The van der Waals surface area contributed by atoms with Gasteiger partial charge >= 0.3 is 6.03 Å². The van der Waals surface area contributed by atoms with Gasteiger partial charge in [0.25, 0.3) is 0 Å². The van der Waals surface area contributed by atoms with E-state index in [0.717, 1.165) is 59.2 Å². The van der Waals surface area contributed by atoms with Crippen LogP contribution in [-0.2, 0) is 24.1 Å². The number of aromatic nitrogens is 2. The summed E-state index contributed by atoms with van der Waals surface area (Å²) in [7, 11) is 0. The monoisotopic (exact) mass is 443 g/mol. The van der Waals surface area contributed by atoms with Crippen molar-refractivity contribution >= 4 is 17.5 Å². The molecule has 0 saturated carbocycles. The fourth-order valence-electron chi connectivity index (χ4n) is 4.47. The summed E-state index contributed by atoms with van der Waals surface area (Å²) in [6.07, 6.45) is 1.58. The molecule has 1 N–H and O–H groups in total. The summed E-state index contributed by atoms with van der Waals surface area (Å²) in [5, 5.41) is 3.11. The third-order valence-electron chi connectivity index (χ3n) is 6.31. The minimum Gasteiger partial charge on any atom is -0.378 e. The number of morpholine rings is 1. The Morgan fingerprint density at radius 1 is 1.00 bits per heavy atom. The molecule has 1 saturated heterocycles. The Labute approximate surface area is 194 Å². The highest BCUT2D eigenvalue weighted by Crippen LogP contribution is 2.30. The molecule has 170 valence electrons. The Kier molecular flexibility index (Phi) is 6.21. The molecule has 2 aromatic carbocycles. The van der Waals surface area contributed by atoms with Crippen LogP contribution in [0.5, 0.6) is 0 Å². The largest absolute Gasteiger partial charge is 0.378 e. The molecule has 1 fully saturated rings. The predicted molar refractivity (Wildman–Crippen MR) is 129 cm³/mol. The highest BCUT2D eigenvalue weighted by Gasteiger charge is 2.28. The van der Waals surface area contributed by atoms with Crippen LogP contribution in [0, 0.1) is 0 Å². The van der Waals surface area contributed by atoms with Crippen molar-refractivity contribution in [3.63, 3.8) is 0 Å². The number of ether oxygens (including phenoxy) is 1. The van der Waals surface area contributed by atoms with Gasteiger partial charge in [-0.25, -0.2) is 14.8 Å². The summed E-state index contributed by atoms with van der Waals surface area (Å²) in [4.78, 5) is 27.2. The van der Waals surface area contributed by atoms with Gasteiger partial charge < -0.3 is 19.9 Å². The van der Waals surface area contributed by atoms with Crippen LogP contribution >= 0.6 is 0 Å². The second kappa shape index (κ2) is 9.58. The molecule has 0 bridgehead atoms. The van der Waals surface area contributed by atoms with E-state index in [1.54, 1.807) is 0 Å². The quantitative estimate of drug-likeness (QED) is 0.657. The van der Waals surface area contributed by atoms with Crippen LogP contribution < -0.4 is 10.2 Å². The standard InChI is InChI=1S/C26H29N5O2/c1-2-19-8-6-7-11-22(19)28-26(32)31-13-12-23-21(18-31)25(30-14-16-33-17-15-30)29-24(27-23)20-9-4-3-5-10-20/h3-11H,2,12-18H2,1H3,(H,28,32). The normalized spacial score (nSPS) is 15.8. The maximum absolute atomic E-state index is 13.2. The number of benzene rings is 2. The van der Waals surface area contributed by atoms with E-state index in [9.17, 15) is 4.79 Å². The zero-order chi connectivity index (χ0) is 22.6. The van der Waals surface area contributed by atoms with Crippen LogP contribution in [0.1, 0.15) is 23.7 Å². The van der Waals surface area contributed by atoms with Crippen molar-refractivity contribution in [3.05, 3.63) is 71.4 Å². The number of para-hydroxylation sites is 1. The van der Waals surface area contributed by atoms with E-state index in [4.69, 9.17) is 14.7 Å². The van der Waals surface area contributed by atoms with Crippen LogP contribution in [-0.4, -0.2) is 53.7 Å². The third-order valence-corrected chi connectivity index (χ3v) is 6.31. The second-order valence-electron chi connectivity index (χ2n) is 8.37. The van der Waals surface area contributed by atoms with Crippen molar-refractivity contribution in [2.45, 2.75) is 26.3 Å². The van der Waals surface area contributed by atoms with Gasteiger partial charge in [0.05, 0.1) is 25.5 Å². The summed E-state index contributed by atoms with van der Waals surface area (Å²) in [6, 6.07) is 18.0. The van der Waals surface area contributed by atoms with Gasteiger partial charge in [-0.2, -0.15) is 0 Å². The summed E-state index contributed by atoms with van der Waals surface area (Å²) < 4.78 is 5.57. The maximum atomic E-state index is 13.2. The fraction of sp³-hybridized carbons (Fsp3) is 0.346. The molecule has 7 nitrogen and oxygen atoms in total. The van der Waals surface area contributed by atoms with Crippen molar-refractivity contribution in [1.29, 1.82) is 0 Å². The Balaban J connectivity index is 1.45. The first-order chi connectivity index (χ1) is 16.2. The fourth-order valence-corrected chi connectivity index (χ4v) is 4.47. The van der Waals surface area contributed by atoms with Gasteiger partial charge in [0.15, 0.2) is 5.82 Å². The maximum Gasteiger partial charge on any atom is 0.322 e. The molecule has 0 radical (unpaired) electrons. The number of nitrogens with zero attached hydrogens (tertiary/aromatic N) is 4. The first-order valence-corrected chi connectivity index (χ1v) is 11.6. The molecule has 3 heterocycles. The molecule has 33 heavy (non-hydrogen) atoms. The number of carbonyl (C=O) groups is 1. The van der Waals surface area contributed by atoms with E-state index in [1.165, 1.54) is 0 Å². The number of nitrogens with one attached hydrogen (secondary N) is 1. The minimum atomic E-state index is -0.0818. The molecule has 3 aromatic rings. The molecule has 0 atom stereocenters. The number of hydrogen-bond acceptors (Lipinski definition) is 5. The molecule has 0 aliphatic carbocycles. The number of rotatable bonds is 4. The molecule has 2 aliphatic rings. The molecular formula is C26H29N5O2. The minimum absolute atomic E-state index is 0.0818. The van der Waals surface area contributed by atoms with E-state index >= 15 is 0 Å². The topological polar surface area (TPSA) is 70.6 Å². The number of aryl methyl sites for hydroxylation is 1. The van der Waals surface area contributed by atoms with E-state index in [1.807, 2.05) is 53.4 Å². The van der Waals surface area contributed by atoms with Gasteiger partial charge in [0.1, 0.15) is 5.82 Å². The van der Waals surface area contributed by atoms with Gasteiger partial charge in [0, 0.05) is 42.9 Å². The summed E-state index contributed by atoms with van der Waals surface area (Å²) in [5.74, 6) is 1.67. The van der Waals surface area contributed by atoms with E-state index in [0.29, 0.717) is 32.7 Å². The summed E-state index contributed by atoms with van der Waals surface area (Å²) >= 11 is 0. The Bertz CT molecular complexity index is 1130. The highest BCUT2D eigenvalue weighted by molar-refractivity contribution is 5.90. The van der Waals surface area contributed by atoms with Crippen molar-refractivity contribution in [1.82, 2.24) is 14.9 Å².